The summed E-state index contributed by atoms with van der Waals surface area (Å²) in [5.41, 5.74) is 1.67. The predicted molar refractivity (Wildman–Crippen MR) is 96.7 cm³/mol. The lowest BCUT2D eigenvalue weighted by Gasteiger charge is -2.18. The molecule has 2 rings (SSSR count). The first kappa shape index (κ1) is 18.9. The third kappa shape index (κ3) is 4.80. The number of hydrogen-bond donors (Lipinski definition) is 2. The van der Waals surface area contributed by atoms with Gasteiger partial charge in [-0.3, -0.25) is 4.79 Å². The molecule has 1 amide bonds. The monoisotopic (exact) mass is 353 g/mol. The third-order valence-corrected chi connectivity index (χ3v) is 5.51. The average Bonchev–Trinajstić information content (AvgIpc) is 2.88. The summed E-state index contributed by atoms with van der Waals surface area (Å²) >= 11 is 1.55. The van der Waals surface area contributed by atoms with Gasteiger partial charge in [-0.1, -0.05) is 20.3 Å². The Hall–Kier alpha value is -1.40. The SMILES string of the molecule is CCCC[NH2+]CC(=O)Nc1sc2c(c1C(=O)OCC)CC[C@@H](C)C2. The van der Waals surface area contributed by atoms with Gasteiger partial charge < -0.3 is 15.4 Å². The zero-order chi connectivity index (χ0) is 17.5. The molecular weight excluding hydrogens is 324 g/mol. The molecule has 5 nitrogen and oxygen atoms in total. The van der Waals surface area contributed by atoms with Crippen molar-refractivity contribution in [3.8, 4) is 0 Å². The summed E-state index contributed by atoms with van der Waals surface area (Å²) in [6, 6.07) is 0. The summed E-state index contributed by atoms with van der Waals surface area (Å²) in [6.07, 6.45) is 5.17. The maximum atomic E-state index is 12.4. The maximum absolute atomic E-state index is 12.4. The van der Waals surface area contributed by atoms with Crippen LogP contribution in [0.1, 0.15) is 60.8 Å². The Morgan fingerprint density at radius 1 is 1.38 bits per heavy atom. The molecule has 1 aliphatic rings. The molecule has 134 valence electrons. The lowest BCUT2D eigenvalue weighted by atomic mass is 9.88. The van der Waals surface area contributed by atoms with E-state index in [2.05, 4.69) is 19.2 Å². The average molecular weight is 354 g/mol. The summed E-state index contributed by atoms with van der Waals surface area (Å²) in [4.78, 5) is 25.8. The number of amides is 1. The minimum absolute atomic E-state index is 0.0525. The predicted octanol–water partition coefficient (Wildman–Crippen LogP) is 2.35. The van der Waals surface area contributed by atoms with Gasteiger partial charge in [0.2, 0.25) is 0 Å². The van der Waals surface area contributed by atoms with E-state index in [0.717, 1.165) is 44.2 Å². The van der Waals surface area contributed by atoms with Crippen LogP contribution < -0.4 is 10.6 Å². The molecular formula is C18H29N2O3S+. The van der Waals surface area contributed by atoms with Gasteiger partial charge in [-0.15, -0.1) is 11.3 Å². The Morgan fingerprint density at radius 3 is 2.88 bits per heavy atom. The molecule has 24 heavy (non-hydrogen) atoms. The van der Waals surface area contributed by atoms with Gasteiger partial charge >= 0.3 is 5.97 Å². The second kappa shape index (κ2) is 9.18. The van der Waals surface area contributed by atoms with E-state index < -0.39 is 0 Å². The normalized spacial score (nSPS) is 16.5. The molecule has 0 spiro atoms. The zero-order valence-electron chi connectivity index (χ0n) is 14.9. The molecule has 0 bridgehead atoms. The minimum atomic E-state index is -0.310. The van der Waals surface area contributed by atoms with Crippen LogP contribution >= 0.6 is 11.3 Å². The van der Waals surface area contributed by atoms with Gasteiger partial charge in [-0.25, -0.2) is 4.79 Å². The highest BCUT2D eigenvalue weighted by Crippen LogP contribution is 2.40. The van der Waals surface area contributed by atoms with Gasteiger partial charge in [0.05, 0.1) is 18.7 Å². The molecule has 1 heterocycles. The first-order chi connectivity index (χ1) is 11.6. The van der Waals surface area contributed by atoms with Crippen LogP contribution in [0, 0.1) is 5.92 Å². The zero-order valence-corrected chi connectivity index (χ0v) is 15.8. The first-order valence-electron chi connectivity index (χ1n) is 8.99. The van der Waals surface area contributed by atoms with Crippen molar-refractivity contribution in [2.24, 2.45) is 5.92 Å². The number of carbonyl (C=O) groups excluding carboxylic acids is 2. The van der Waals surface area contributed by atoms with Crippen LogP contribution in [0.4, 0.5) is 5.00 Å². The van der Waals surface area contributed by atoms with Crippen LogP contribution in [0.15, 0.2) is 0 Å². The number of rotatable bonds is 8. The third-order valence-electron chi connectivity index (χ3n) is 4.34. The molecule has 1 aliphatic carbocycles. The minimum Gasteiger partial charge on any atom is -0.462 e. The number of nitrogens with two attached hydrogens (primary N) is 1. The Bertz CT molecular complexity index is 583. The molecule has 0 saturated carbocycles. The molecule has 0 aromatic carbocycles. The number of anilines is 1. The van der Waals surface area contributed by atoms with Gasteiger partial charge in [-0.05, 0) is 44.1 Å². The number of ether oxygens (including phenoxy) is 1. The van der Waals surface area contributed by atoms with Crippen molar-refractivity contribution >= 4 is 28.2 Å². The smallest absolute Gasteiger partial charge is 0.341 e. The summed E-state index contributed by atoms with van der Waals surface area (Å²) in [5.74, 6) is 0.259. The van der Waals surface area contributed by atoms with Crippen molar-refractivity contribution in [1.82, 2.24) is 0 Å². The second-order valence-electron chi connectivity index (χ2n) is 6.46. The number of nitrogens with one attached hydrogen (secondary N) is 1. The van der Waals surface area contributed by atoms with Crippen LogP contribution in [0.2, 0.25) is 0 Å². The first-order valence-corrected chi connectivity index (χ1v) is 9.81. The van der Waals surface area contributed by atoms with E-state index in [0.29, 0.717) is 29.6 Å². The highest BCUT2D eigenvalue weighted by molar-refractivity contribution is 7.17. The molecule has 3 N–H and O–H groups in total. The molecule has 1 atom stereocenters. The van der Waals surface area contributed by atoms with Gasteiger partial charge in [0.25, 0.3) is 5.91 Å². The van der Waals surface area contributed by atoms with Crippen molar-refractivity contribution in [1.29, 1.82) is 0 Å². The summed E-state index contributed by atoms with van der Waals surface area (Å²) in [6.45, 7) is 7.86. The molecule has 0 unspecified atom stereocenters. The topological polar surface area (TPSA) is 72.0 Å². The van der Waals surface area contributed by atoms with Crippen molar-refractivity contribution in [3.05, 3.63) is 16.0 Å². The van der Waals surface area contributed by atoms with Crippen molar-refractivity contribution < 1.29 is 19.6 Å². The fraction of sp³-hybridized carbons (Fsp3) is 0.667. The molecule has 0 radical (unpaired) electrons. The maximum Gasteiger partial charge on any atom is 0.341 e. The van der Waals surface area contributed by atoms with E-state index in [9.17, 15) is 9.59 Å². The quantitative estimate of drug-likeness (QED) is 0.557. The number of hydrogen-bond acceptors (Lipinski definition) is 4. The number of carbonyl (C=O) groups is 2. The van der Waals surface area contributed by atoms with E-state index in [1.54, 1.807) is 18.3 Å². The van der Waals surface area contributed by atoms with Crippen LogP contribution in [0.5, 0.6) is 0 Å². The molecule has 0 fully saturated rings. The van der Waals surface area contributed by atoms with Crippen LogP contribution in [-0.2, 0) is 22.4 Å². The fourth-order valence-corrected chi connectivity index (χ4v) is 4.43. The second-order valence-corrected chi connectivity index (χ2v) is 7.56. The summed E-state index contributed by atoms with van der Waals surface area (Å²) in [5, 5.41) is 5.63. The van der Waals surface area contributed by atoms with E-state index in [4.69, 9.17) is 4.74 Å². The van der Waals surface area contributed by atoms with Crippen molar-refractivity contribution in [2.75, 3.05) is 25.0 Å². The van der Waals surface area contributed by atoms with Gasteiger partial charge in [0, 0.05) is 4.88 Å². The highest BCUT2D eigenvalue weighted by atomic mass is 32.1. The molecule has 6 heteroatoms. The Kier molecular flexibility index (Phi) is 7.24. The number of esters is 1. The Balaban J connectivity index is 2.13. The van der Waals surface area contributed by atoms with Gasteiger partial charge in [0.15, 0.2) is 6.54 Å². The fourth-order valence-electron chi connectivity index (χ4n) is 3.02. The lowest BCUT2D eigenvalue weighted by Crippen LogP contribution is -2.86. The van der Waals surface area contributed by atoms with E-state index in [1.165, 1.54) is 4.88 Å². The molecule has 0 aliphatic heterocycles. The standard InChI is InChI=1S/C18H28N2O3S/c1-4-6-9-19-11-15(21)20-17-16(18(22)23-5-2)13-8-7-12(3)10-14(13)24-17/h12,19H,4-11H2,1-3H3,(H,20,21)/p+1/t12-/m1/s1. The summed E-state index contributed by atoms with van der Waals surface area (Å²) in [7, 11) is 0. The number of unbranched alkanes of at least 4 members (excludes halogenated alkanes) is 1. The number of fused-ring (bicyclic) bond motifs is 1. The van der Waals surface area contributed by atoms with E-state index >= 15 is 0 Å². The van der Waals surface area contributed by atoms with Crippen LogP contribution in [0.3, 0.4) is 0 Å². The Labute approximate surface area is 148 Å². The highest BCUT2D eigenvalue weighted by Gasteiger charge is 2.29. The van der Waals surface area contributed by atoms with Crippen LogP contribution in [-0.4, -0.2) is 31.6 Å². The van der Waals surface area contributed by atoms with E-state index in [-0.39, 0.29) is 11.9 Å². The number of quaternary nitrogens is 1. The largest absolute Gasteiger partial charge is 0.462 e. The number of thiophene rings is 1. The molecule has 1 aromatic heterocycles. The lowest BCUT2D eigenvalue weighted by molar-refractivity contribution is -0.643. The van der Waals surface area contributed by atoms with Gasteiger partial charge in [0.1, 0.15) is 5.00 Å². The van der Waals surface area contributed by atoms with E-state index in [1.807, 2.05) is 5.32 Å². The van der Waals surface area contributed by atoms with Gasteiger partial charge in [-0.2, -0.15) is 0 Å². The van der Waals surface area contributed by atoms with Crippen LogP contribution in [0.25, 0.3) is 0 Å². The Morgan fingerprint density at radius 2 is 2.17 bits per heavy atom. The summed E-state index contributed by atoms with van der Waals surface area (Å²) < 4.78 is 5.22. The molecule has 0 saturated heterocycles. The molecule has 1 aromatic rings. The van der Waals surface area contributed by atoms with Crippen molar-refractivity contribution in [2.45, 2.75) is 52.9 Å². The van der Waals surface area contributed by atoms with Crippen molar-refractivity contribution in [3.63, 3.8) is 0 Å².